The molecule has 1 aromatic carbocycles. The summed E-state index contributed by atoms with van der Waals surface area (Å²) in [6, 6.07) is 7.63. The summed E-state index contributed by atoms with van der Waals surface area (Å²) in [7, 11) is 1.89. The summed E-state index contributed by atoms with van der Waals surface area (Å²) in [6.07, 6.45) is 3.48. The highest BCUT2D eigenvalue weighted by molar-refractivity contribution is 5.45. The Morgan fingerprint density at radius 2 is 1.71 bits per heavy atom. The van der Waals surface area contributed by atoms with E-state index in [0.29, 0.717) is 13.2 Å². The lowest BCUT2D eigenvalue weighted by molar-refractivity contribution is 0.287. The molecule has 0 bridgehead atoms. The average Bonchev–Trinajstić information content (AvgIpc) is 2.52. The number of hydrogen-bond donors (Lipinski definition) is 1. The highest BCUT2D eigenvalue weighted by Crippen LogP contribution is 2.31. The number of nitrogens with zero attached hydrogens (tertiary/aromatic N) is 2. The van der Waals surface area contributed by atoms with Gasteiger partial charge in [0, 0.05) is 12.4 Å². The van der Waals surface area contributed by atoms with Crippen LogP contribution in [-0.2, 0) is 0 Å². The van der Waals surface area contributed by atoms with Crippen LogP contribution in [0, 0.1) is 0 Å². The van der Waals surface area contributed by atoms with Crippen molar-refractivity contribution in [1.82, 2.24) is 15.3 Å². The molecule has 0 fully saturated rings. The molecule has 0 aliphatic carbocycles. The standard InChI is InChI=1S/C16H21N3O2/c1-4-20-13-8-7-12(11-14(13)21-5-2)15(17-3)16-18-9-6-10-19-16/h6-11,15,17H,4-5H2,1-3H3. The molecule has 1 heterocycles. The first-order chi connectivity index (χ1) is 10.3. The van der Waals surface area contributed by atoms with E-state index in [0.717, 1.165) is 22.9 Å². The molecule has 1 atom stereocenters. The second-order valence-corrected chi connectivity index (χ2v) is 4.40. The van der Waals surface area contributed by atoms with Crippen LogP contribution in [0.3, 0.4) is 0 Å². The van der Waals surface area contributed by atoms with Crippen molar-refractivity contribution in [3.8, 4) is 11.5 Å². The summed E-state index contributed by atoms with van der Waals surface area (Å²) < 4.78 is 11.3. The van der Waals surface area contributed by atoms with E-state index in [9.17, 15) is 0 Å². The first-order valence-corrected chi connectivity index (χ1v) is 7.13. The molecule has 0 spiro atoms. The van der Waals surface area contributed by atoms with E-state index in [4.69, 9.17) is 9.47 Å². The summed E-state index contributed by atoms with van der Waals surface area (Å²) in [6.45, 7) is 5.11. The molecule has 1 aromatic heterocycles. The SMILES string of the molecule is CCOc1ccc(C(NC)c2ncccn2)cc1OCC. The van der Waals surface area contributed by atoms with Gasteiger partial charge in [-0.1, -0.05) is 6.07 Å². The van der Waals surface area contributed by atoms with Crippen molar-refractivity contribution >= 4 is 0 Å². The third kappa shape index (κ3) is 3.70. The summed E-state index contributed by atoms with van der Waals surface area (Å²) >= 11 is 0. The quantitative estimate of drug-likeness (QED) is 0.848. The monoisotopic (exact) mass is 287 g/mol. The first-order valence-electron chi connectivity index (χ1n) is 7.13. The minimum atomic E-state index is -0.0823. The lowest BCUT2D eigenvalue weighted by atomic mass is 10.1. The smallest absolute Gasteiger partial charge is 0.161 e. The van der Waals surface area contributed by atoms with E-state index in [-0.39, 0.29) is 6.04 Å². The van der Waals surface area contributed by atoms with Crippen molar-refractivity contribution in [3.05, 3.63) is 48.0 Å². The van der Waals surface area contributed by atoms with Crippen molar-refractivity contribution < 1.29 is 9.47 Å². The highest BCUT2D eigenvalue weighted by atomic mass is 16.5. The molecule has 0 radical (unpaired) electrons. The fourth-order valence-corrected chi connectivity index (χ4v) is 2.15. The molecule has 2 rings (SSSR count). The molecule has 2 aromatic rings. The zero-order valence-electron chi connectivity index (χ0n) is 12.7. The molecule has 21 heavy (non-hydrogen) atoms. The predicted molar refractivity (Wildman–Crippen MR) is 81.7 cm³/mol. The predicted octanol–water partition coefficient (Wildman–Crippen LogP) is 2.58. The van der Waals surface area contributed by atoms with E-state index in [1.807, 2.05) is 39.1 Å². The van der Waals surface area contributed by atoms with Crippen LogP contribution in [0.25, 0.3) is 0 Å². The Balaban J connectivity index is 2.35. The molecule has 0 amide bonds. The van der Waals surface area contributed by atoms with E-state index in [2.05, 4.69) is 15.3 Å². The Morgan fingerprint density at radius 3 is 2.33 bits per heavy atom. The fraction of sp³-hybridized carbons (Fsp3) is 0.375. The second-order valence-electron chi connectivity index (χ2n) is 4.40. The fourth-order valence-electron chi connectivity index (χ4n) is 2.15. The van der Waals surface area contributed by atoms with E-state index in [1.54, 1.807) is 18.5 Å². The van der Waals surface area contributed by atoms with Gasteiger partial charge in [-0.15, -0.1) is 0 Å². The molecule has 112 valence electrons. The summed E-state index contributed by atoms with van der Waals surface area (Å²) in [5, 5.41) is 3.23. The zero-order valence-corrected chi connectivity index (χ0v) is 12.7. The highest BCUT2D eigenvalue weighted by Gasteiger charge is 2.17. The van der Waals surface area contributed by atoms with E-state index in [1.165, 1.54) is 0 Å². The second kappa shape index (κ2) is 7.59. The molecule has 0 aliphatic rings. The molecule has 1 unspecified atom stereocenters. The molecule has 5 heteroatoms. The van der Waals surface area contributed by atoms with Crippen LogP contribution in [0.2, 0.25) is 0 Å². The Labute approximate surface area is 125 Å². The number of rotatable bonds is 7. The van der Waals surface area contributed by atoms with Gasteiger partial charge in [0.15, 0.2) is 11.5 Å². The van der Waals surface area contributed by atoms with Gasteiger partial charge < -0.3 is 14.8 Å². The van der Waals surface area contributed by atoms with Crippen molar-refractivity contribution in [2.45, 2.75) is 19.9 Å². The zero-order chi connectivity index (χ0) is 15.1. The van der Waals surface area contributed by atoms with Crippen molar-refractivity contribution in [2.75, 3.05) is 20.3 Å². The molecule has 5 nitrogen and oxygen atoms in total. The summed E-state index contributed by atoms with van der Waals surface area (Å²) in [5.41, 5.74) is 1.04. The van der Waals surface area contributed by atoms with Crippen LogP contribution in [0.15, 0.2) is 36.7 Å². The van der Waals surface area contributed by atoms with Crippen molar-refractivity contribution in [1.29, 1.82) is 0 Å². The van der Waals surface area contributed by atoms with Gasteiger partial charge in [0.1, 0.15) is 5.82 Å². The Kier molecular flexibility index (Phi) is 5.51. The van der Waals surface area contributed by atoms with Gasteiger partial charge in [-0.3, -0.25) is 0 Å². The number of ether oxygens (including phenoxy) is 2. The third-order valence-electron chi connectivity index (χ3n) is 3.03. The van der Waals surface area contributed by atoms with Gasteiger partial charge in [0.2, 0.25) is 0 Å². The van der Waals surface area contributed by atoms with Crippen LogP contribution in [0.5, 0.6) is 11.5 Å². The minimum absolute atomic E-state index is 0.0823. The van der Waals surface area contributed by atoms with E-state index < -0.39 is 0 Å². The number of hydrogen-bond acceptors (Lipinski definition) is 5. The summed E-state index contributed by atoms with van der Waals surface area (Å²) in [5.74, 6) is 2.23. The van der Waals surface area contributed by atoms with Crippen molar-refractivity contribution in [3.63, 3.8) is 0 Å². The molecule has 0 saturated carbocycles. The largest absolute Gasteiger partial charge is 0.490 e. The van der Waals surface area contributed by atoms with E-state index >= 15 is 0 Å². The maximum Gasteiger partial charge on any atom is 0.161 e. The molecular weight excluding hydrogens is 266 g/mol. The lowest BCUT2D eigenvalue weighted by Crippen LogP contribution is -2.20. The third-order valence-corrected chi connectivity index (χ3v) is 3.03. The molecular formula is C16H21N3O2. The Bertz CT molecular complexity index is 561. The Hall–Kier alpha value is -2.14. The van der Waals surface area contributed by atoms with Gasteiger partial charge >= 0.3 is 0 Å². The number of aromatic nitrogens is 2. The van der Waals surface area contributed by atoms with Gasteiger partial charge in [0.05, 0.1) is 19.3 Å². The lowest BCUT2D eigenvalue weighted by Gasteiger charge is -2.18. The maximum atomic E-state index is 5.67. The van der Waals surface area contributed by atoms with Crippen molar-refractivity contribution in [2.24, 2.45) is 0 Å². The van der Waals surface area contributed by atoms with Crippen LogP contribution in [0.4, 0.5) is 0 Å². The van der Waals surface area contributed by atoms with Gasteiger partial charge in [-0.05, 0) is 44.7 Å². The minimum Gasteiger partial charge on any atom is -0.490 e. The Morgan fingerprint density at radius 1 is 1.05 bits per heavy atom. The van der Waals surface area contributed by atoms with Gasteiger partial charge in [-0.2, -0.15) is 0 Å². The summed E-state index contributed by atoms with van der Waals surface area (Å²) in [4.78, 5) is 8.63. The average molecular weight is 287 g/mol. The van der Waals surface area contributed by atoms with Crippen LogP contribution < -0.4 is 14.8 Å². The number of benzene rings is 1. The topological polar surface area (TPSA) is 56.3 Å². The van der Waals surface area contributed by atoms with Gasteiger partial charge in [0.25, 0.3) is 0 Å². The molecule has 1 N–H and O–H groups in total. The van der Waals surface area contributed by atoms with Crippen LogP contribution in [-0.4, -0.2) is 30.2 Å². The molecule has 0 saturated heterocycles. The number of nitrogens with one attached hydrogen (secondary N) is 1. The van der Waals surface area contributed by atoms with Crippen LogP contribution in [0.1, 0.15) is 31.3 Å². The normalized spacial score (nSPS) is 12.0. The van der Waals surface area contributed by atoms with Crippen LogP contribution >= 0.6 is 0 Å². The van der Waals surface area contributed by atoms with Gasteiger partial charge in [-0.25, -0.2) is 9.97 Å². The first kappa shape index (κ1) is 15.3. The maximum absolute atomic E-state index is 5.67. The molecule has 0 aliphatic heterocycles.